The van der Waals surface area contributed by atoms with Crippen molar-refractivity contribution in [2.24, 2.45) is 10.9 Å². The third-order valence-electron chi connectivity index (χ3n) is 1.71. The molecule has 0 radical (unpaired) electrons. The van der Waals surface area contributed by atoms with Gasteiger partial charge in [0, 0.05) is 6.20 Å². The molecule has 0 atom stereocenters. The normalized spacial score (nSPS) is 12.1. The molecule has 88 valence electrons. The van der Waals surface area contributed by atoms with E-state index in [9.17, 15) is 8.78 Å². The quantitative estimate of drug-likeness (QED) is 0.342. The predicted molar refractivity (Wildman–Crippen MR) is 52.4 cm³/mol. The van der Waals surface area contributed by atoms with Crippen LogP contribution in [0.2, 0.25) is 0 Å². The smallest absolute Gasteiger partial charge is 0.261 e. The molecule has 0 aromatic carbocycles. The summed E-state index contributed by atoms with van der Waals surface area (Å²) in [5.41, 5.74) is 6.20. The minimum Gasteiger partial charge on any atom is -0.409 e. The van der Waals surface area contributed by atoms with Gasteiger partial charge in [0.1, 0.15) is 12.3 Å². The van der Waals surface area contributed by atoms with Gasteiger partial charge < -0.3 is 15.7 Å². The molecule has 1 rings (SSSR count). The Morgan fingerprint density at radius 1 is 1.62 bits per heavy atom. The number of hydrogen-bond donors (Lipinski definition) is 2. The zero-order valence-corrected chi connectivity index (χ0v) is 8.31. The Kier molecular flexibility index (Phi) is 4.59. The minimum absolute atomic E-state index is 0.0264. The van der Waals surface area contributed by atoms with Crippen LogP contribution in [0.5, 0.6) is 0 Å². The second-order valence-corrected chi connectivity index (χ2v) is 2.94. The van der Waals surface area contributed by atoms with E-state index in [1.165, 1.54) is 12.3 Å². The van der Waals surface area contributed by atoms with Gasteiger partial charge in [0.25, 0.3) is 6.43 Å². The Morgan fingerprint density at radius 3 is 3.00 bits per heavy atom. The van der Waals surface area contributed by atoms with Gasteiger partial charge in [-0.3, -0.25) is 4.98 Å². The summed E-state index contributed by atoms with van der Waals surface area (Å²) in [5, 5.41) is 11.2. The van der Waals surface area contributed by atoms with E-state index in [1.54, 1.807) is 6.07 Å². The molecular weight excluding hydrogens is 220 g/mol. The fourth-order valence-corrected chi connectivity index (χ4v) is 1.02. The number of rotatable bonds is 5. The first kappa shape index (κ1) is 12.3. The molecule has 0 saturated carbocycles. The summed E-state index contributed by atoms with van der Waals surface area (Å²) >= 11 is 0. The van der Waals surface area contributed by atoms with E-state index in [1.807, 2.05) is 0 Å². The minimum atomic E-state index is -2.50. The summed E-state index contributed by atoms with van der Waals surface area (Å²) in [5.74, 6) is -0.143. The van der Waals surface area contributed by atoms with E-state index in [2.05, 4.69) is 10.1 Å². The van der Waals surface area contributed by atoms with E-state index in [0.29, 0.717) is 5.56 Å². The molecule has 0 unspecified atom stereocenters. The standard InChI is InChI=1S/C9H11F2N3O2/c10-8(11)5-16-4-6-1-2-13-7(3-6)9(12)14-15/h1-3,8,15H,4-5H2,(H2,12,14). The van der Waals surface area contributed by atoms with Crippen LogP contribution in [-0.2, 0) is 11.3 Å². The average molecular weight is 231 g/mol. The molecule has 5 nitrogen and oxygen atoms in total. The van der Waals surface area contributed by atoms with Crippen molar-refractivity contribution in [3.05, 3.63) is 29.6 Å². The molecule has 0 fully saturated rings. The van der Waals surface area contributed by atoms with Crippen molar-refractivity contribution >= 4 is 5.84 Å². The van der Waals surface area contributed by atoms with E-state index < -0.39 is 13.0 Å². The number of halogens is 2. The van der Waals surface area contributed by atoms with Crippen LogP contribution in [0.1, 0.15) is 11.3 Å². The maximum Gasteiger partial charge on any atom is 0.261 e. The summed E-state index contributed by atoms with van der Waals surface area (Å²) in [6, 6.07) is 3.10. The summed E-state index contributed by atoms with van der Waals surface area (Å²) in [6.45, 7) is -0.597. The number of oxime groups is 1. The molecule has 3 N–H and O–H groups in total. The number of aromatic nitrogens is 1. The Balaban J connectivity index is 2.61. The molecule has 7 heteroatoms. The number of nitrogens with zero attached hydrogens (tertiary/aromatic N) is 2. The topological polar surface area (TPSA) is 80.7 Å². The number of ether oxygens (including phenoxy) is 1. The van der Waals surface area contributed by atoms with Gasteiger partial charge in [-0.15, -0.1) is 0 Å². The van der Waals surface area contributed by atoms with Gasteiger partial charge in [-0.2, -0.15) is 0 Å². The van der Waals surface area contributed by atoms with Crippen LogP contribution >= 0.6 is 0 Å². The van der Waals surface area contributed by atoms with Gasteiger partial charge in [0.15, 0.2) is 5.84 Å². The first-order valence-electron chi connectivity index (χ1n) is 4.42. The predicted octanol–water partition coefficient (Wildman–Crippen LogP) is 0.958. The summed E-state index contributed by atoms with van der Waals surface area (Å²) in [7, 11) is 0. The molecular formula is C9H11F2N3O2. The van der Waals surface area contributed by atoms with Crippen LogP contribution in [0.25, 0.3) is 0 Å². The van der Waals surface area contributed by atoms with E-state index in [0.717, 1.165) is 0 Å². The second kappa shape index (κ2) is 5.96. The van der Waals surface area contributed by atoms with Crippen molar-refractivity contribution in [1.29, 1.82) is 0 Å². The first-order chi connectivity index (χ1) is 7.63. The van der Waals surface area contributed by atoms with Crippen molar-refractivity contribution in [2.45, 2.75) is 13.0 Å². The van der Waals surface area contributed by atoms with Crippen molar-refractivity contribution in [3.8, 4) is 0 Å². The highest BCUT2D eigenvalue weighted by Crippen LogP contribution is 2.04. The maximum atomic E-state index is 11.8. The van der Waals surface area contributed by atoms with Crippen molar-refractivity contribution in [3.63, 3.8) is 0 Å². The van der Waals surface area contributed by atoms with Crippen LogP contribution in [0.4, 0.5) is 8.78 Å². The molecule has 16 heavy (non-hydrogen) atoms. The Labute approximate surface area is 90.5 Å². The number of nitrogens with two attached hydrogens (primary N) is 1. The fourth-order valence-electron chi connectivity index (χ4n) is 1.02. The third-order valence-corrected chi connectivity index (χ3v) is 1.71. The largest absolute Gasteiger partial charge is 0.409 e. The highest BCUT2D eigenvalue weighted by Gasteiger charge is 2.04. The zero-order valence-electron chi connectivity index (χ0n) is 8.31. The fraction of sp³-hybridized carbons (Fsp3) is 0.333. The van der Waals surface area contributed by atoms with E-state index in [-0.39, 0.29) is 18.1 Å². The molecule has 1 heterocycles. The van der Waals surface area contributed by atoms with Gasteiger partial charge in [-0.1, -0.05) is 5.16 Å². The highest BCUT2D eigenvalue weighted by molar-refractivity contribution is 5.95. The van der Waals surface area contributed by atoms with Crippen LogP contribution in [0, 0.1) is 0 Å². The molecule has 1 aromatic heterocycles. The molecule has 1 aromatic rings. The van der Waals surface area contributed by atoms with Crippen molar-refractivity contribution in [1.82, 2.24) is 4.98 Å². The second-order valence-electron chi connectivity index (χ2n) is 2.94. The Morgan fingerprint density at radius 2 is 2.38 bits per heavy atom. The molecule has 0 saturated heterocycles. The molecule has 0 bridgehead atoms. The van der Waals surface area contributed by atoms with E-state index in [4.69, 9.17) is 15.7 Å². The molecule has 0 aliphatic carbocycles. The summed E-state index contributed by atoms with van der Waals surface area (Å²) in [4.78, 5) is 3.83. The van der Waals surface area contributed by atoms with Gasteiger partial charge in [0.05, 0.1) is 6.61 Å². The molecule has 0 spiro atoms. The maximum absolute atomic E-state index is 11.8. The van der Waals surface area contributed by atoms with Crippen LogP contribution in [0.3, 0.4) is 0 Å². The SMILES string of the molecule is N/C(=N/O)c1cc(COCC(F)F)ccn1. The molecule has 0 amide bonds. The van der Waals surface area contributed by atoms with Crippen LogP contribution < -0.4 is 5.73 Å². The Hall–Kier alpha value is -1.76. The number of alkyl halides is 2. The average Bonchev–Trinajstić information content (AvgIpc) is 2.28. The molecule has 0 aliphatic rings. The lowest BCUT2D eigenvalue weighted by Gasteiger charge is -2.04. The lowest BCUT2D eigenvalue weighted by molar-refractivity contribution is 0.00986. The third kappa shape index (κ3) is 3.77. The summed E-state index contributed by atoms with van der Waals surface area (Å²) in [6.07, 6.45) is -1.07. The monoisotopic (exact) mass is 231 g/mol. The number of pyridine rings is 1. The van der Waals surface area contributed by atoms with E-state index >= 15 is 0 Å². The zero-order chi connectivity index (χ0) is 12.0. The molecule has 0 aliphatic heterocycles. The first-order valence-corrected chi connectivity index (χ1v) is 4.42. The lowest BCUT2D eigenvalue weighted by atomic mass is 10.2. The van der Waals surface area contributed by atoms with Gasteiger partial charge >= 0.3 is 0 Å². The number of amidine groups is 1. The van der Waals surface area contributed by atoms with Crippen molar-refractivity contribution < 1.29 is 18.7 Å². The highest BCUT2D eigenvalue weighted by atomic mass is 19.3. The lowest BCUT2D eigenvalue weighted by Crippen LogP contribution is -2.15. The van der Waals surface area contributed by atoms with Crippen LogP contribution in [0.15, 0.2) is 23.5 Å². The number of hydrogen-bond acceptors (Lipinski definition) is 4. The summed E-state index contributed by atoms with van der Waals surface area (Å²) < 4.78 is 28.3. The van der Waals surface area contributed by atoms with Gasteiger partial charge in [-0.05, 0) is 17.7 Å². The van der Waals surface area contributed by atoms with Gasteiger partial charge in [0.2, 0.25) is 0 Å². The Bertz CT molecular complexity index is 372. The van der Waals surface area contributed by atoms with Crippen molar-refractivity contribution in [2.75, 3.05) is 6.61 Å². The van der Waals surface area contributed by atoms with Gasteiger partial charge in [-0.25, -0.2) is 8.78 Å². The van der Waals surface area contributed by atoms with Crippen LogP contribution in [-0.4, -0.2) is 29.1 Å².